The molecular weight excluding hydrogens is 131 g/mol. The highest BCUT2D eigenvalue weighted by atomic mass is 16.6. The first-order valence-electron chi connectivity index (χ1n) is 3.76. The van der Waals surface area contributed by atoms with Crippen LogP contribution in [0.3, 0.4) is 0 Å². The van der Waals surface area contributed by atoms with Crippen LogP contribution in [0.4, 0.5) is 0 Å². The van der Waals surface area contributed by atoms with Gasteiger partial charge in [-0.25, -0.2) is 0 Å². The van der Waals surface area contributed by atoms with Crippen molar-refractivity contribution in [1.82, 2.24) is 0 Å². The summed E-state index contributed by atoms with van der Waals surface area (Å²) in [6, 6.07) is 0. The van der Waals surface area contributed by atoms with Gasteiger partial charge in [-0.15, -0.1) is 0 Å². The topological polar surface area (TPSA) is 38.7 Å². The monoisotopic (exact) mass is 142 g/mol. The van der Waals surface area contributed by atoms with Gasteiger partial charge < -0.3 is 14.4 Å². The van der Waals surface area contributed by atoms with Gasteiger partial charge in [0.1, 0.15) is 0 Å². The van der Waals surface area contributed by atoms with Gasteiger partial charge in [-0.05, 0) is 19.3 Å². The van der Waals surface area contributed by atoms with Crippen molar-refractivity contribution >= 4 is 7.69 Å². The minimum absolute atomic E-state index is 0.205. The van der Waals surface area contributed by atoms with Crippen LogP contribution in [0.25, 0.3) is 0 Å². The Kier molecular flexibility index (Phi) is 1.68. The van der Waals surface area contributed by atoms with Crippen LogP contribution in [0.1, 0.15) is 19.3 Å². The van der Waals surface area contributed by atoms with Gasteiger partial charge in [-0.2, -0.15) is 0 Å². The summed E-state index contributed by atoms with van der Waals surface area (Å²) in [7, 11) is 0.419. The molecule has 2 rings (SSSR count). The lowest BCUT2D eigenvalue weighted by Crippen LogP contribution is -2.42. The highest BCUT2D eigenvalue weighted by Gasteiger charge is 2.32. The van der Waals surface area contributed by atoms with E-state index < -0.39 is 0 Å². The Labute approximate surface area is 60.6 Å². The Hall–Kier alpha value is -0.0551. The summed E-state index contributed by atoms with van der Waals surface area (Å²) in [5, 5.41) is 9.26. The molecule has 1 saturated carbocycles. The zero-order chi connectivity index (χ0) is 6.97. The minimum Gasteiger partial charge on any atom is -0.411 e. The molecule has 2 aliphatic rings. The summed E-state index contributed by atoms with van der Waals surface area (Å²) in [5.41, 5.74) is 0. The Morgan fingerprint density at radius 3 is 2.30 bits per heavy atom. The lowest BCUT2D eigenvalue weighted by atomic mass is 9.90. The second-order valence-corrected chi connectivity index (χ2v) is 3.06. The van der Waals surface area contributed by atoms with Crippen molar-refractivity contribution in [2.45, 2.75) is 37.6 Å². The number of hydrogen-bond acceptors (Lipinski definition) is 3. The predicted molar refractivity (Wildman–Crippen MR) is 36.8 cm³/mol. The molecule has 2 fully saturated rings. The third kappa shape index (κ3) is 1.19. The normalized spacial score (nSPS) is 46.3. The highest BCUT2D eigenvalue weighted by Crippen LogP contribution is 2.26. The van der Waals surface area contributed by atoms with Crippen LogP contribution < -0.4 is 0 Å². The second-order valence-electron chi connectivity index (χ2n) is 3.06. The van der Waals surface area contributed by atoms with Gasteiger partial charge >= 0.3 is 7.69 Å². The first-order valence-corrected chi connectivity index (χ1v) is 3.76. The van der Waals surface area contributed by atoms with E-state index in [0.29, 0.717) is 7.69 Å². The Morgan fingerprint density at radius 1 is 1.10 bits per heavy atom. The molecule has 0 amide bonds. The molecule has 0 aromatic carbocycles. The van der Waals surface area contributed by atoms with E-state index in [1.807, 2.05) is 0 Å². The van der Waals surface area contributed by atoms with Crippen LogP contribution in [-0.4, -0.2) is 31.1 Å². The van der Waals surface area contributed by atoms with E-state index in [0.717, 1.165) is 19.3 Å². The van der Waals surface area contributed by atoms with Crippen molar-refractivity contribution in [2.75, 3.05) is 0 Å². The van der Waals surface area contributed by atoms with Crippen molar-refractivity contribution in [2.24, 2.45) is 0 Å². The van der Waals surface area contributed by atoms with Crippen LogP contribution in [-0.2, 0) is 9.31 Å². The van der Waals surface area contributed by atoms with E-state index in [-0.39, 0.29) is 18.3 Å². The average Bonchev–Trinajstić information content (AvgIpc) is 1.85. The zero-order valence-corrected chi connectivity index (χ0v) is 5.82. The van der Waals surface area contributed by atoms with E-state index in [4.69, 9.17) is 9.31 Å². The van der Waals surface area contributed by atoms with Crippen molar-refractivity contribution in [1.29, 1.82) is 0 Å². The number of rotatable bonds is 0. The van der Waals surface area contributed by atoms with E-state index >= 15 is 0 Å². The Balaban J connectivity index is 1.98. The molecule has 1 saturated heterocycles. The minimum atomic E-state index is -0.205. The molecule has 2 bridgehead atoms. The molecule has 4 heteroatoms. The summed E-state index contributed by atoms with van der Waals surface area (Å²) in [6.07, 6.45) is 2.85. The van der Waals surface area contributed by atoms with E-state index in [1.54, 1.807) is 0 Å². The molecule has 2 unspecified atom stereocenters. The summed E-state index contributed by atoms with van der Waals surface area (Å²) < 4.78 is 10.5. The lowest BCUT2D eigenvalue weighted by Gasteiger charge is -2.36. The highest BCUT2D eigenvalue weighted by molar-refractivity contribution is 6.18. The Morgan fingerprint density at radius 2 is 1.70 bits per heavy atom. The molecular formula is C6H11BO3. The maximum Gasteiger partial charge on any atom is 0.438 e. The zero-order valence-electron chi connectivity index (χ0n) is 5.82. The maximum atomic E-state index is 9.26. The molecule has 1 aliphatic carbocycles. The quantitative estimate of drug-likeness (QED) is 0.467. The predicted octanol–water partition coefficient (Wildman–Crippen LogP) is -0.418. The molecule has 3 nitrogen and oxygen atoms in total. The standard InChI is InChI=1S/C6H11BO3/c8-4-1-5-3-6(2-4)10-7-9-5/h4-8H,1-3H2. The van der Waals surface area contributed by atoms with Gasteiger partial charge in [0, 0.05) is 12.2 Å². The number of fused-ring (bicyclic) bond motifs is 2. The summed E-state index contributed by atoms with van der Waals surface area (Å²) >= 11 is 0. The fourth-order valence-corrected chi connectivity index (χ4v) is 1.69. The number of aliphatic hydroxyl groups excluding tert-OH is 1. The van der Waals surface area contributed by atoms with Gasteiger partial charge in [-0.1, -0.05) is 0 Å². The molecule has 0 aromatic rings. The summed E-state index contributed by atoms with van der Waals surface area (Å²) in [6.45, 7) is 0. The van der Waals surface area contributed by atoms with Crippen molar-refractivity contribution in [3.8, 4) is 0 Å². The average molecular weight is 142 g/mol. The third-order valence-corrected chi connectivity index (χ3v) is 2.20. The third-order valence-electron chi connectivity index (χ3n) is 2.20. The molecule has 2 atom stereocenters. The van der Waals surface area contributed by atoms with Crippen molar-refractivity contribution in [3.05, 3.63) is 0 Å². The summed E-state index contributed by atoms with van der Waals surface area (Å²) in [4.78, 5) is 0. The first-order chi connectivity index (χ1) is 4.84. The molecule has 56 valence electrons. The van der Waals surface area contributed by atoms with E-state index in [2.05, 4.69) is 0 Å². The van der Waals surface area contributed by atoms with Crippen LogP contribution in [0.5, 0.6) is 0 Å². The molecule has 1 aliphatic heterocycles. The van der Waals surface area contributed by atoms with Crippen LogP contribution in [0.15, 0.2) is 0 Å². The van der Waals surface area contributed by atoms with Crippen molar-refractivity contribution in [3.63, 3.8) is 0 Å². The van der Waals surface area contributed by atoms with E-state index in [9.17, 15) is 5.11 Å². The number of aliphatic hydroxyl groups is 1. The fraction of sp³-hybridized carbons (Fsp3) is 1.00. The molecule has 0 spiro atoms. The second kappa shape index (κ2) is 2.53. The molecule has 1 heterocycles. The molecule has 0 aromatic heterocycles. The largest absolute Gasteiger partial charge is 0.438 e. The van der Waals surface area contributed by atoms with Gasteiger partial charge in [0.05, 0.1) is 6.10 Å². The maximum absolute atomic E-state index is 9.26. The van der Waals surface area contributed by atoms with Crippen LogP contribution in [0.2, 0.25) is 0 Å². The van der Waals surface area contributed by atoms with Gasteiger partial charge in [0.25, 0.3) is 0 Å². The van der Waals surface area contributed by atoms with Gasteiger partial charge in [0.2, 0.25) is 0 Å². The Bertz CT molecular complexity index is 114. The molecule has 10 heavy (non-hydrogen) atoms. The fourth-order valence-electron chi connectivity index (χ4n) is 1.69. The SMILES string of the molecule is OC1CC2CC(C1)OBO2. The van der Waals surface area contributed by atoms with Gasteiger partial charge in [0.15, 0.2) is 0 Å². The van der Waals surface area contributed by atoms with E-state index in [1.165, 1.54) is 0 Å². The lowest BCUT2D eigenvalue weighted by molar-refractivity contribution is -0.0525. The summed E-state index contributed by atoms with van der Waals surface area (Å²) in [5.74, 6) is 0. The van der Waals surface area contributed by atoms with Crippen molar-refractivity contribution < 1.29 is 14.4 Å². The smallest absolute Gasteiger partial charge is 0.411 e. The van der Waals surface area contributed by atoms with Crippen LogP contribution in [0, 0.1) is 0 Å². The molecule has 1 N–H and O–H groups in total. The van der Waals surface area contributed by atoms with Crippen LogP contribution >= 0.6 is 0 Å². The van der Waals surface area contributed by atoms with Gasteiger partial charge in [-0.3, -0.25) is 0 Å². The first kappa shape index (κ1) is 6.64. The number of hydrogen-bond donors (Lipinski definition) is 1. The molecule has 0 radical (unpaired) electrons.